The third-order valence-electron chi connectivity index (χ3n) is 3.89. The zero-order valence-electron chi connectivity index (χ0n) is 12.9. The van der Waals surface area contributed by atoms with Gasteiger partial charge in [-0.3, -0.25) is 4.79 Å². The van der Waals surface area contributed by atoms with Gasteiger partial charge in [-0.2, -0.15) is 0 Å². The van der Waals surface area contributed by atoms with Crippen LogP contribution in [0.3, 0.4) is 0 Å². The fraction of sp³-hybridized carbons (Fsp3) is 0.312. The van der Waals surface area contributed by atoms with E-state index in [2.05, 4.69) is 20.2 Å². The van der Waals surface area contributed by atoms with E-state index in [1.807, 2.05) is 31.2 Å². The van der Waals surface area contributed by atoms with Crippen molar-refractivity contribution in [3.63, 3.8) is 0 Å². The Morgan fingerprint density at radius 3 is 2.65 bits per heavy atom. The standard InChI is InChI=1S/C16H18ClN5O/c1-12-8-13(17)2-3-14(12)20-15-9-16(19-10-18-15)22-6-4-21(11-23)5-7-22/h2-3,8-11H,4-7H2,1H3,(H,18,19,20). The number of carbonyl (C=O) groups is 1. The van der Waals surface area contributed by atoms with E-state index in [1.54, 1.807) is 11.2 Å². The van der Waals surface area contributed by atoms with Crippen LogP contribution in [0.4, 0.5) is 17.3 Å². The van der Waals surface area contributed by atoms with Crippen molar-refractivity contribution < 1.29 is 4.79 Å². The highest BCUT2D eigenvalue weighted by atomic mass is 35.5. The first kappa shape index (κ1) is 15.6. The average Bonchev–Trinajstić information content (AvgIpc) is 2.58. The molecule has 1 aliphatic heterocycles. The van der Waals surface area contributed by atoms with E-state index in [9.17, 15) is 4.79 Å². The number of aromatic nitrogens is 2. The molecule has 2 aromatic rings. The predicted molar refractivity (Wildman–Crippen MR) is 91.4 cm³/mol. The minimum Gasteiger partial charge on any atom is -0.353 e. The number of amides is 1. The molecule has 3 rings (SSSR count). The third-order valence-corrected chi connectivity index (χ3v) is 4.13. The summed E-state index contributed by atoms with van der Waals surface area (Å²) in [4.78, 5) is 23.3. The number of benzene rings is 1. The van der Waals surface area contributed by atoms with E-state index in [1.165, 1.54) is 0 Å². The monoisotopic (exact) mass is 331 g/mol. The van der Waals surface area contributed by atoms with Gasteiger partial charge in [-0.1, -0.05) is 11.6 Å². The number of carbonyl (C=O) groups excluding carboxylic acids is 1. The van der Waals surface area contributed by atoms with Crippen molar-refractivity contribution in [2.24, 2.45) is 0 Å². The maximum Gasteiger partial charge on any atom is 0.209 e. The summed E-state index contributed by atoms with van der Waals surface area (Å²) in [6.45, 7) is 4.97. The van der Waals surface area contributed by atoms with Crippen molar-refractivity contribution in [2.45, 2.75) is 6.92 Å². The summed E-state index contributed by atoms with van der Waals surface area (Å²) in [5, 5.41) is 4.01. The molecule has 1 aromatic carbocycles. The molecule has 1 aromatic heterocycles. The Morgan fingerprint density at radius 1 is 1.17 bits per heavy atom. The van der Waals surface area contributed by atoms with Gasteiger partial charge in [0, 0.05) is 43.0 Å². The lowest BCUT2D eigenvalue weighted by atomic mass is 10.2. The van der Waals surface area contributed by atoms with Gasteiger partial charge in [-0.05, 0) is 30.7 Å². The lowest BCUT2D eigenvalue weighted by Gasteiger charge is -2.33. The topological polar surface area (TPSA) is 61.4 Å². The second-order valence-electron chi connectivity index (χ2n) is 5.47. The molecule has 7 heteroatoms. The van der Waals surface area contributed by atoms with Crippen LogP contribution in [-0.4, -0.2) is 47.5 Å². The molecule has 2 heterocycles. The van der Waals surface area contributed by atoms with Gasteiger partial charge in [0.2, 0.25) is 6.41 Å². The second kappa shape index (κ2) is 6.83. The Morgan fingerprint density at radius 2 is 1.96 bits per heavy atom. The van der Waals surface area contributed by atoms with E-state index in [0.717, 1.165) is 42.4 Å². The second-order valence-corrected chi connectivity index (χ2v) is 5.91. The summed E-state index contributed by atoms with van der Waals surface area (Å²) in [5.41, 5.74) is 2.02. The average molecular weight is 332 g/mol. The molecule has 1 amide bonds. The quantitative estimate of drug-likeness (QED) is 0.872. The molecule has 0 atom stereocenters. The number of anilines is 3. The lowest BCUT2D eigenvalue weighted by molar-refractivity contribution is -0.118. The molecule has 23 heavy (non-hydrogen) atoms. The maximum absolute atomic E-state index is 10.8. The molecule has 1 fully saturated rings. The van der Waals surface area contributed by atoms with E-state index < -0.39 is 0 Å². The van der Waals surface area contributed by atoms with Gasteiger partial charge in [0.1, 0.15) is 18.0 Å². The Kier molecular flexibility index (Phi) is 4.62. The number of piperazine rings is 1. The molecular formula is C16H18ClN5O. The van der Waals surface area contributed by atoms with Crippen molar-refractivity contribution in [1.29, 1.82) is 0 Å². The number of hydrogen-bond donors (Lipinski definition) is 1. The van der Waals surface area contributed by atoms with Crippen LogP contribution in [-0.2, 0) is 4.79 Å². The summed E-state index contributed by atoms with van der Waals surface area (Å²) in [5.74, 6) is 1.60. The van der Waals surface area contributed by atoms with Crippen molar-refractivity contribution in [1.82, 2.24) is 14.9 Å². The number of halogens is 1. The fourth-order valence-electron chi connectivity index (χ4n) is 2.55. The molecule has 0 unspecified atom stereocenters. The van der Waals surface area contributed by atoms with Crippen LogP contribution < -0.4 is 10.2 Å². The van der Waals surface area contributed by atoms with Gasteiger partial charge in [0.15, 0.2) is 0 Å². The lowest BCUT2D eigenvalue weighted by Crippen LogP contribution is -2.46. The largest absolute Gasteiger partial charge is 0.353 e. The summed E-state index contributed by atoms with van der Waals surface area (Å²) in [6.07, 6.45) is 2.45. The number of nitrogens with zero attached hydrogens (tertiary/aromatic N) is 4. The Bertz CT molecular complexity index is 701. The van der Waals surface area contributed by atoms with Gasteiger partial charge in [0.05, 0.1) is 0 Å². The minimum absolute atomic E-state index is 0.712. The van der Waals surface area contributed by atoms with Crippen LogP contribution in [0.15, 0.2) is 30.6 Å². The Hall–Kier alpha value is -2.34. The number of nitrogens with one attached hydrogen (secondary N) is 1. The Balaban J connectivity index is 1.74. The molecule has 1 saturated heterocycles. The molecule has 0 radical (unpaired) electrons. The van der Waals surface area contributed by atoms with Gasteiger partial charge >= 0.3 is 0 Å². The van der Waals surface area contributed by atoms with Crippen LogP contribution in [0.25, 0.3) is 0 Å². The van der Waals surface area contributed by atoms with E-state index in [4.69, 9.17) is 11.6 Å². The highest BCUT2D eigenvalue weighted by molar-refractivity contribution is 6.30. The number of hydrogen-bond acceptors (Lipinski definition) is 5. The number of aryl methyl sites for hydroxylation is 1. The van der Waals surface area contributed by atoms with Gasteiger partial charge in [0.25, 0.3) is 0 Å². The van der Waals surface area contributed by atoms with Crippen LogP contribution in [0.1, 0.15) is 5.56 Å². The van der Waals surface area contributed by atoms with Crippen molar-refractivity contribution >= 4 is 35.3 Å². The van der Waals surface area contributed by atoms with E-state index in [0.29, 0.717) is 18.1 Å². The first-order valence-electron chi connectivity index (χ1n) is 7.45. The summed E-state index contributed by atoms with van der Waals surface area (Å²) < 4.78 is 0. The molecule has 0 spiro atoms. The molecule has 0 saturated carbocycles. The summed E-state index contributed by atoms with van der Waals surface area (Å²) in [6, 6.07) is 7.61. The zero-order chi connectivity index (χ0) is 16.2. The molecule has 1 aliphatic rings. The van der Waals surface area contributed by atoms with E-state index >= 15 is 0 Å². The van der Waals surface area contributed by atoms with Crippen LogP contribution in [0, 0.1) is 6.92 Å². The van der Waals surface area contributed by atoms with Crippen molar-refractivity contribution in [2.75, 3.05) is 36.4 Å². The smallest absolute Gasteiger partial charge is 0.209 e. The molecule has 1 N–H and O–H groups in total. The van der Waals surface area contributed by atoms with Crippen LogP contribution >= 0.6 is 11.6 Å². The summed E-state index contributed by atoms with van der Waals surface area (Å²) >= 11 is 5.98. The van der Waals surface area contributed by atoms with Gasteiger partial charge < -0.3 is 15.1 Å². The van der Waals surface area contributed by atoms with Crippen molar-refractivity contribution in [3.05, 3.63) is 41.2 Å². The molecule has 0 aliphatic carbocycles. The van der Waals surface area contributed by atoms with Crippen LogP contribution in [0.2, 0.25) is 5.02 Å². The highest BCUT2D eigenvalue weighted by Crippen LogP contribution is 2.24. The van der Waals surface area contributed by atoms with Crippen LogP contribution in [0.5, 0.6) is 0 Å². The highest BCUT2D eigenvalue weighted by Gasteiger charge is 2.17. The third kappa shape index (κ3) is 3.71. The summed E-state index contributed by atoms with van der Waals surface area (Å²) in [7, 11) is 0. The normalized spacial score (nSPS) is 14.7. The molecular weight excluding hydrogens is 314 g/mol. The van der Waals surface area contributed by atoms with Crippen molar-refractivity contribution in [3.8, 4) is 0 Å². The first-order valence-corrected chi connectivity index (χ1v) is 7.83. The SMILES string of the molecule is Cc1cc(Cl)ccc1Nc1cc(N2CCN(C=O)CC2)ncn1. The van der Waals surface area contributed by atoms with Gasteiger partial charge in [-0.25, -0.2) is 9.97 Å². The molecule has 0 bridgehead atoms. The first-order chi connectivity index (χ1) is 11.2. The predicted octanol–water partition coefficient (Wildman–Crippen LogP) is 2.46. The number of rotatable bonds is 4. The minimum atomic E-state index is 0.712. The maximum atomic E-state index is 10.8. The van der Waals surface area contributed by atoms with Gasteiger partial charge in [-0.15, -0.1) is 0 Å². The molecule has 6 nitrogen and oxygen atoms in total. The fourth-order valence-corrected chi connectivity index (χ4v) is 2.78. The zero-order valence-corrected chi connectivity index (χ0v) is 13.6. The Labute approximate surface area is 140 Å². The van der Waals surface area contributed by atoms with E-state index in [-0.39, 0.29) is 0 Å². The molecule has 120 valence electrons.